The Morgan fingerprint density at radius 2 is 1.94 bits per heavy atom. The Hall–Kier alpha value is -0.800. The highest BCUT2D eigenvalue weighted by Crippen LogP contribution is 2.21. The standard InChI is InChI=1S/C12H18ClFN2/c1-12(2,3)16-8-7-15-10-6-4-5-9(13)11(10)14/h4-6,15-16H,7-8H2,1-3H3. The van der Waals surface area contributed by atoms with Crippen LogP contribution < -0.4 is 10.6 Å². The summed E-state index contributed by atoms with van der Waals surface area (Å²) in [7, 11) is 0. The third-order valence-electron chi connectivity index (χ3n) is 2.05. The van der Waals surface area contributed by atoms with Gasteiger partial charge in [0, 0.05) is 18.6 Å². The van der Waals surface area contributed by atoms with Crippen molar-refractivity contribution in [1.29, 1.82) is 0 Å². The molecule has 0 aliphatic heterocycles. The monoisotopic (exact) mass is 244 g/mol. The second kappa shape index (κ2) is 5.51. The molecular formula is C12H18ClFN2. The average molecular weight is 245 g/mol. The molecule has 0 fully saturated rings. The summed E-state index contributed by atoms with van der Waals surface area (Å²) in [6, 6.07) is 4.94. The number of hydrogen-bond donors (Lipinski definition) is 2. The van der Waals surface area contributed by atoms with Gasteiger partial charge in [-0.25, -0.2) is 4.39 Å². The van der Waals surface area contributed by atoms with Crippen molar-refractivity contribution in [3.63, 3.8) is 0 Å². The molecule has 0 saturated carbocycles. The number of nitrogens with one attached hydrogen (secondary N) is 2. The zero-order valence-corrected chi connectivity index (χ0v) is 10.7. The summed E-state index contributed by atoms with van der Waals surface area (Å²) in [5.41, 5.74) is 0.525. The van der Waals surface area contributed by atoms with Gasteiger partial charge >= 0.3 is 0 Å². The number of rotatable bonds is 4. The normalized spacial score (nSPS) is 11.6. The van der Waals surface area contributed by atoms with E-state index in [-0.39, 0.29) is 16.4 Å². The summed E-state index contributed by atoms with van der Waals surface area (Å²) < 4.78 is 13.4. The van der Waals surface area contributed by atoms with E-state index in [1.807, 2.05) is 0 Å². The molecule has 1 aromatic carbocycles. The number of hydrogen-bond acceptors (Lipinski definition) is 2. The zero-order chi connectivity index (χ0) is 12.2. The van der Waals surface area contributed by atoms with Gasteiger partial charge in [-0.1, -0.05) is 17.7 Å². The zero-order valence-electron chi connectivity index (χ0n) is 9.90. The molecule has 4 heteroatoms. The molecule has 0 unspecified atom stereocenters. The quantitative estimate of drug-likeness (QED) is 0.795. The van der Waals surface area contributed by atoms with Crippen molar-refractivity contribution < 1.29 is 4.39 Å². The summed E-state index contributed by atoms with van der Waals surface area (Å²) in [6.07, 6.45) is 0. The molecule has 0 atom stereocenters. The Kier molecular flexibility index (Phi) is 4.56. The van der Waals surface area contributed by atoms with Crippen LogP contribution in [0.25, 0.3) is 0 Å². The maximum absolute atomic E-state index is 13.4. The van der Waals surface area contributed by atoms with Crippen LogP contribution in [0.5, 0.6) is 0 Å². The first-order valence-corrected chi connectivity index (χ1v) is 5.71. The van der Waals surface area contributed by atoms with Crippen LogP contribution in [0.1, 0.15) is 20.8 Å². The lowest BCUT2D eigenvalue weighted by atomic mass is 10.1. The van der Waals surface area contributed by atoms with Crippen LogP contribution in [0, 0.1) is 5.82 Å². The van der Waals surface area contributed by atoms with Crippen molar-refractivity contribution >= 4 is 17.3 Å². The van der Waals surface area contributed by atoms with Gasteiger partial charge < -0.3 is 10.6 Å². The molecule has 0 spiro atoms. The summed E-state index contributed by atoms with van der Waals surface area (Å²) in [5, 5.41) is 6.46. The molecule has 0 radical (unpaired) electrons. The molecule has 0 heterocycles. The third-order valence-corrected chi connectivity index (χ3v) is 2.34. The van der Waals surface area contributed by atoms with E-state index in [4.69, 9.17) is 11.6 Å². The minimum Gasteiger partial charge on any atom is -0.381 e. The van der Waals surface area contributed by atoms with Crippen LogP contribution in [-0.2, 0) is 0 Å². The van der Waals surface area contributed by atoms with Crippen molar-refractivity contribution in [3.05, 3.63) is 29.0 Å². The minimum absolute atomic E-state index is 0.0779. The molecule has 1 aromatic rings. The Balaban J connectivity index is 2.41. The summed E-state index contributed by atoms with van der Waals surface area (Å²) in [5.74, 6) is -0.389. The van der Waals surface area contributed by atoms with Gasteiger partial charge in [-0.05, 0) is 32.9 Å². The second-order valence-corrected chi connectivity index (χ2v) is 5.11. The first kappa shape index (κ1) is 13.3. The van der Waals surface area contributed by atoms with Crippen molar-refractivity contribution in [2.45, 2.75) is 26.3 Å². The van der Waals surface area contributed by atoms with Gasteiger partial charge in [-0.3, -0.25) is 0 Å². The van der Waals surface area contributed by atoms with Gasteiger partial charge in [0.1, 0.15) is 0 Å². The Morgan fingerprint density at radius 1 is 1.25 bits per heavy atom. The first-order valence-electron chi connectivity index (χ1n) is 5.33. The van der Waals surface area contributed by atoms with E-state index in [1.165, 1.54) is 6.07 Å². The van der Waals surface area contributed by atoms with Crippen LogP contribution in [0.15, 0.2) is 18.2 Å². The molecule has 0 aliphatic rings. The highest BCUT2D eigenvalue weighted by atomic mass is 35.5. The molecule has 16 heavy (non-hydrogen) atoms. The average Bonchev–Trinajstić information content (AvgIpc) is 2.17. The lowest BCUT2D eigenvalue weighted by Gasteiger charge is -2.20. The molecular weight excluding hydrogens is 227 g/mol. The molecule has 0 aromatic heterocycles. The van der Waals surface area contributed by atoms with E-state index >= 15 is 0 Å². The fourth-order valence-corrected chi connectivity index (χ4v) is 1.45. The fraction of sp³-hybridized carbons (Fsp3) is 0.500. The number of benzene rings is 1. The molecule has 0 bridgehead atoms. The molecule has 0 amide bonds. The lowest BCUT2D eigenvalue weighted by Crippen LogP contribution is -2.38. The number of halogens is 2. The predicted molar refractivity (Wildman–Crippen MR) is 67.7 cm³/mol. The van der Waals surface area contributed by atoms with Crippen molar-refractivity contribution in [3.8, 4) is 0 Å². The molecule has 2 nitrogen and oxygen atoms in total. The van der Waals surface area contributed by atoms with Gasteiger partial charge in [0.2, 0.25) is 0 Å². The highest BCUT2D eigenvalue weighted by Gasteiger charge is 2.08. The lowest BCUT2D eigenvalue weighted by molar-refractivity contribution is 0.435. The molecule has 1 rings (SSSR count). The van der Waals surface area contributed by atoms with E-state index in [9.17, 15) is 4.39 Å². The van der Waals surface area contributed by atoms with Gasteiger partial charge in [-0.2, -0.15) is 0 Å². The SMILES string of the molecule is CC(C)(C)NCCNc1cccc(Cl)c1F. The second-order valence-electron chi connectivity index (χ2n) is 4.70. The summed E-state index contributed by atoms with van der Waals surface area (Å²) in [4.78, 5) is 0. The Labute approximate surface area is 101 Å². The van der Waals surface area contributed by atoms with E-state index in [0.717, 1.165) is 6.54 Å². The molecule has 90 valence electrons. The van der Waals surface area contributed by atoms with Crippen LogP contribution in [0.4, 0.5) is 10.1 Å². The van der Waals surface area contributed by atoms with Crippen LogP contribution in [0.3, 0.4) is 0 Å². The van der Waals surface area contributed by atoms with Gasteiger partial charge in [-0.15, -0.1) is 0 Å². The maximum Gasteiger partial charge on any atom is 0.164 e. The molecule has 0 saturated heterocycles. The highest BCUT2D eigenvalue weighted by molar-refractivity contribution is 6.31. The smallest absolute Gasteiger partial charge is 0.164 e. The van der Waals surface area contributed by atoms with Crippen molar-refractivity contribution in [2.75, 3.05) is 18.4 Å². The summed E-state index contributed by atoms with van der Waals surface area (Å²) >= 11 is 5.67. The molecule has 0 aliphatic carbocycles. The van der Waals surface area contributed by atoms with E-state index in [2.05, 4.69) is 31.4 Å². The fourth-order valence-electron chi connectivity index (χ4n) is 1.27. The van der Waals surface area contributed by atoms with Gasteiger partial charge in [0.15, 0.2) is 5.82 Å². The topological polar surface area (TPSA) is 24.1 Å². The van der Waals surface area contributed by atoms with E-state index < -0.39 is 0 Å². The molecule has 2 N–H and O–H groups in total. The Morgan fingerprint density at radius 3 is 2.56 bits per heavy atom. The maximum atomic E-state index is 13.4. The van der Waals surface area contributed by atoms with E-state index in [0.29, 0.717) is 12.2 Å². The van der Waals surface area contributed by atoms with Crippen LogP contribution in [0.2, 0.25) is 5.02 Å². The third kappa shape index (κ3) is 4.37. The van der Waals surface area contributed by atoms with Crippen LogP contribution >= 0.6 is 11.6 Å². The minimum atomic E-state index is -0.389. The van der Waals surface area contributed by atoms with E-state index in [1.54, 1.807) is 12.1 Å². The summed E-state index contributed by atoms with van der Waals surface area (Å²) in [6.45, 7) is 7.71. The van der Waals surface area contributed by atoms with Crippen molar-refractivity contribution in [1.82, 2.24) is 5.32 Å². The Bertz CT molecular complexity index is 347. The largest absolute Gasteiger partial charge is 0.381 e. The van der Waals surface area contributed by atoms with Gasteiger partial charge in [0.25, 0.3) is 0 Å². The predicted octanol–water partition coefficient (Wildman–Crippen LogP) is 3.28. The number of anilines is 1. The van der Waals surface area contributed by atoms with Gasteiger partial charge in [0.05, 0.1) is 10.7 Å². The van der Waals surface area contributed by atoms with Crippen molar-refractivity contribution in [2.24, 2.45) is 0 Å². The first-order chi connectivity index (χ1) is 7.40. The van der Waals surface area contributed by atoms with Crippen LogP contribution in [-0.4, -0.2) is 18.6 Å².